The summed E-state index contributed by atoms with van der Waals surface area (Å²) in [4.78, 5) is 33.6. The van der Waals surface area contributed by atoms with Gasteiger partial charge >= 0.3 is 5.97 Å². The van der Waals surface area contributed by atoms with Crippen LogP contribution in [0, 0.1) is 0 Å². The highest BCUT2D eigenvalue weighted by atomic mass is 16.4. The normalized spacial score (nSPS) is 9.85. The molecule has 0 bridgehead atoms. The highest BCUT2D eigenvalue weighted by Crippen LogP contribution is 2.11. The van der Waals surface area contributed by atoms with Gasteiger partial charge in [-0.05, 0) is 31.5 Å². The van der Waals surface area contributed by atoms with Crippen molar-refractivity contribution in [3.8, 4) is 0 Å². The summed E-state index contributed by atoms with van der Waals surface area (Å²) in [6.07, 6.45) is 0.973. The van der Waals surface area contributed by atoms with Crippen molar-refractivity contribution in [1.82, 2.24) is 5.32 Å². The van der Waals surface area contributed by atoms with Gasteiger partial charge in [0.05, 0.1) is 5.56 Å². The predicted molar refractivity (Wildman–Crippen MR) is 74.6 cm³/mol. The van der Waals surface area contributed by atoms with Gasteiger partial charge in [0.1, 0.15) is 0 Å². The van der Waals surface area contributed by atoms with Crippen LogP contribution in [0.2, 0.25) is 0 Å². The molecule has 0 aliphatic carbocycles. The third kappa shape index (κ3) is 5.51. The van der Waals surface area contributed by atoms with Crippen LogP contribution < -0.4 is 10.6 Å². The van der Waals surface area contributed by atoms with Crippen LogP contribution in [0.3, 0.4) is 0 Å². The third-order valence-corrected chi connectivity index (χ3v) is 2.57. The Morgan fingerprint density at radius 3 is 2.50 bits per heavy atom. The molecule has 0 aliphatic heterocycles. The number of carbonyl (C=O) groups is 3. The number of rotatable bonds is 7. The average Bonchev–Trinajstić information content (AvgIpc) is 2.39. The lowest BCUT2D eigenvalue weighted by Gasteiger charge is -2.06. The fourth-order valence-corrected chi connectivity index (χ4v) is 1.65. The van der Waals surface area contributed by atoms with Gasteiger partial charge in [0, 0.05) is 25.1 Å². The second-order valence-corrected chi connectivity index (χ2v) is 4.24. The van der Waals surface area contributed by atoms with Crippen molar-refractivity contribution in [2.75, 3.05) is 11.9 Å². The van der Waals surface area contributed by atoms with Gasteiger partial charge in [0.25, 0.3) is 0 Å². The number of amides is 2. The molecule has 1 aromatic carbocycles. The van der Waals surface area contributed by atoms with Crippen LogP contribution in [-0.4, -0.2) is 29.4 Å². The van der Waals surface area contributed by atoms with Gasteiger partial charge in [-0.3, -0.25) is 9.59 Å². The highest BCUT2D eigenvalue weighted by molar-refractivity contribution is 5.94. The molecule has 3 N–H and O–H groups in total. The summed E-state index contributed by atoms with van der Waals surface area (Å²) in [5.41, 5.74) is 0.554. The molecule has 6 nitrogen and oxygen atoms in total. The minimum Gasteiger partial charge on any atom is -0.478 e. The molecule has 0 heterocycles. The van der Waals surface area contributed by atoms with E-state index < -0.39 is 5.97 Å². The molecule has 0 atom stereocenters. The first kappa shape index (κ1) is 15.7. The zero-order valence-electron chi connectivity index (χ0n) is 11.3. The maximum absolute atomic E-state index is 11.6. The van der Waals surface area contributed by atoms with Gasteiger partial charge in [-0.1, -0.05) is 6.07 Å². The lowest BCUT2D eigenvalue weighted by Crippen LogP contribution is -2.22. The molecule has 2 amide bonds. The number of carboxylic acid groups (broad SMARTS) is 1. The highest BCUT2D eigenvalue weighted by Gasteiger charge is 2.07. The lowest BCUT2D eigenvalue weighted by molar-refractivity contribution is -0.121. The van der Waals surface area contributed by atoms with E-state index in [-0.39, 0.29) is 23.8 Å². The van der Waals surface area contributed by atoms with Crippen molar-refractivity contribution >= 4 is 23.5 Å². The second kappa shape index (κ2) is 7.93. The van der Waals surface area contributed by atoms with Crippen LogP contribution in [0.4, 0.5) is 5.69 Å². The molecule has 0 aliphatic rings. The molecule has 0 unspecified atom stereocenters. The Morgan fingerprint density at radius 2 is 1.85 bits per heavy atom. The van der Waals surface area contributed by atoms with Crippen molar-refractivity contribution in [1.29, 1.82) is 0 Å². The molecule has 0 saturated heterocycles. The van der Waals surface area contributed by atoms with E-state index in [1.165, 1.54) is 12.1 Å². The number of aromatic carboxylic acids is 1. The van der Waals surface area contributed by atoms with Gasteiger partial charge in [-0.25, -0.2) is 4.79 Å². The predicted octanol–water partition coefficient (Wildman–Crippen LogP) is 1.63. The fourth-order valence-electron chi connectivity index (χ4n) is 1.65. The molecular weight excluding hydrogens is 260 g/mol. The molecule has 1 rings (SSSR count). The number of carbonyl (C=O) groups excluding carboxylic acids is 2. The molecule has 0 fully saturated rings. The van der Waals surface area contributed by atoms with Crippen LogP contribution in [0.15, 0.2) is 24.3 Å². The number of carboxylic acids is 1. The molecule has 0 radical (unpaired) electrons. The summed E-state index contributed by atoms with van der Waals surface area (Å²) in [5.74, 6) is -1.36. The monoisotopic (exact) mass is 278 g/mol. The largest absolute Gasteiger partial charge is 0.478 e. The summed E-state index contributed by atoms with van der Waals surface area (Å²) in [7, 11) is 0. The van der Waals surface area contributed by atoms with Gasteiger partial charge in [0.15, 0.2) is 0 Å². The third-order valence-electron chi connectivity index (χ3n) is 2.57. The molecule has 0 spiro atoms. The van der Waals surface area contributed by atoms with E-state index in [1.54, 1.807) is 12.1 Å². The summed E-state index contributed by atoms with van der Waals surface area (Å²) in [6, 6.07) is 6.03. The number of hydrogen-bond acceptors (Lipinski definition) is 3. The molecular formula is C14H18N2O4. The van der Waals surface area contributed by atoms with E-state index in [1.807, 2.05) is 6.92 Å². The number of hydrogen-bond donors (Lipinski definition) is 3. The summed E-state index contributed by atoms with van der Waals surface area (Å²) < 4.78 is 0. The molecule has 1 aromatic rings. The topological polar surface area (TPSA) is 95.5 Å². The first-order valence-electron chi connectivity index (χ1n) is 6.43. The van der Waals surface area contributed by atoms with Crippen molar-refractivity contribution in [2.45, 2.75) is 26.2 Å². The van der Waals surface area contributed by atoms with E-state index in [0.29, 0.717) is 25.1 Å². The van der Waals surface area contributed by atoms with E-state index in [4.69, 9.17) is 5.11 Å². The van der Waals surface area contributed by atoms with Gasteiger partial charge < -0.3 is 15.7 Å². The smallest absolute Gasteiger partial charge is 0.335 e. The standard InChI is InChI=1S/C14H18N2O4/c1-2-15-12(17)7-4-8-13(18)16-11-6-3-5-10(9-11)14(19)20/h3,5-6,9H,2,4,7-8H2,1H3,(H,15,17)(H,16,18)(H,19,20). The van der Waals surface area contributed by atoms with Crippen LogP contribution in [-0.2, 0) is 9.59 Å². The zero-order valence-corrected chi connectivity index (χ0v) is 11.3. The summed E-state index contributed by atoms with van der Waals surface area (Å²) >= 11 is 0. The number of benzene rings is 1. The van der Waals surface area contributed by atoms with Crippen LogP contribution in [0.25, 0.3) is 0 Å². The van der Waals surface area contributed by atoms with Crippen LogP contribution in [0.1, 0.15) is 36.5 Å². The summed E-state index contributed by atoms with van der Waals surface area (Å²) in [6.45, 7) is 2.41. The average molecular weight is 278 g/mol. The Bertz CT molecular complexity index is 500. The summed E-state index contributed by atoms with van der Waals surface area (Å²) in [5, 5.41) is 14.1. The van der Waals surface area contributed by atoms with Crippen molar-refractivity contribution in [3.05, 3.63) is 29.8 Å². The molecule has 20 heavy (non-hydrogen) atoms. The molecule has 6 heteroatoms. The molecule has 0 saturated carbocycles. The Hall–Kier alpha value is -2.37. The van der Waals surface area contributed by atoms with Gasteiger partial charge in [-0.15, -0.1) is 0 Å². The Kier molecular flexibility index (Phi) is 6.22. The quantitative estimate of drug-likeness (QED) is 0.706. The van der Waals surface area contributed by atoms with Gasteiger partial charge in [-0.2, -0.15) is 0 Å². The maximum atomic E-state index is 11.6. The molecule has 108 valence electrons. The lowest BCUT2D eigenvalue weighted by atomic mass is 10.2. The van der Waals surface area contributed by atoms with Crippen LogP contribution >= 0.6 is 0 Å². The van der Waals surface area contributed by atoms with E-state index in [0.717, 1.165) is 0 Å². The first-order valence-corrected chi connectivity index (χ1v) is 6.43. The zero-order chi connectivity index (χ0) is 15.0. The van der Waals surface area contributed by atoms with Crippen LogP contribution in [0.5, 0.6) is 0 Å². The van der Waals surface area contributed by atoms with Crippen molar-refractivity contribution < 1.29 is 19.5 Å². The number of anilines is 1. The van der Waals surface area contributed by atoms with E-state index in [9.17, 15) is 14.4 Å². The SMILES string of the molecule is CCNC(=O)CCCC(=O)Nc1cccc(C(=O)O)c1. The Morgan fingerprint density at radius 1 is 1.15 bits per heavy atom. The van der Waals surface area contributed by atoms with Gasteiger partial charge in [0.2, 0.25) is 11.8 Å². The fraction of sp³-hybridized carbons (Fsp3) is 0.357. The maximum Gasteiger partial charge on any atom is 0.335 e. The Balaban J connectivity index is 2.41. The minimum atomic E-state index is -1.04. The number of nitrogens with one attached hydrogen (secondary N) is 2. The molecule has 0 aromatic heterocycles. The van der Waals surface area contributed by atoms with Crippen molar-refractivity contribution in [3.63, 3.8) is 0 Å². The van der Waals surface area contributed by atoms with E-state index >= 15 is 0 Å². The first-order chi connectivity index (χ1) is 9.52. The van der Waals surface area contributed by atoms with E-state index in [2.05, 4.69) is 10.6 Å². The minimum absolute atomic E-state index is 0.0758. The second-order valence-electron chi connectivity index (χ2n) is 4.24. The Labute approximate surface area is 117 Å². The van der Waals surface area contributed by atoms with Crippen molar-refractivity contribution in [2.24, 2.45) is 0 Å².